The Morgan fingerprint density at radius 3 is 2.86 bits per heavy atom. The van der Waals surface area contributed by atoms with Gasteiger partial charge in [-0.05, 0) is 80.6 Å². The van der Waals surface area contributed by atoms with E-state index < -0.39 is 49.8 Å². The van der Waals surface area contributed by atoms with E-state index in [-0.39, 0.29) is 17.1 Å². The Kier molecular flexibility index (Phi) is 2.93. The highest BCUT2D eigenvalue weighted by Gasteiger charge is 2.59. The second-order valence-electron chi connectivity index (χ2n) is 9.48. The summed E-state index contributed by atoms with van der Waals surface area (Å²) in [6.45, 7) is 0.652. The molecule has 0 radical (unpaired) electrons. The van der Waals surface area contributed by atoms with Gasteiger partial charge in [-0.3, -0.25) is 9.59 Å². The Morgan fingerprint density at radius 2 is 2.04 bits per heavy atom. The number of carbonyl (C=O) groups excluding carboxylic acids is 2. The van der Waals surface area contributed by atoms with Crippen molar-refractivity contribution in [3.05, 3.63) is 11.6 Å². The zero-order valence-electron chi connectivity index (χ0n) is 27.8. The number of carbonyl (C=O) groups is 2. The first kappa shape index (κ1) is 10.8. The molecule has 28 heavy (non-hydrogen) atoms. The summed E-state index contributed by atoms with van der Waals surface area (Å²) in [5, 5.41) is 0. The molecule has 3 fully saturated rings. The summed E-state index contributed by atoms with van der Waals surface area (Å²) in [5.41, 5.74) is 0.688. The largest absolute Gasteiger partial charge is 0.462 e. The lowest BCUT2D eigenvalue weighted by molar-refractivity contribution is -0.160. The minimum atomic E-state index is -3.89. The second kappa shape index (κ2) is 7.61. The first-order valence-electron chi connectivity index (χ1n) is 16.0. The van der Waals surface area contributed by atoms with E-state index in [1.165, 1.54) is 5.57 Å². The molecule has 3 heteroatoms. The Hall–Kier alpha value is -1.12. The summed E-state index contributed by atoms with van der Waals surface area (Å²) in [7, 11) is 0. The fourth-order valence-electron chi connectivity index (χ4n) is 6.98. The van der Waals surface area contributed by atoms with Crippen LogP contribution in [0.25, 0.3) is 0 Å². The van der Waals surface area contributed by atoms with Gasteiger partial charge in [-0.2, -0.15) is 0 Å². The van der Waals surface area contributed by atoms with E-state index >= 15 is 0 Å². The summed E-state index contributed by atoms with van der Waals surface area (Å²) >= 11 is 0. The molecule has 0 bridgehead atoms. The molecule has 0 aliphatic heterocycles. The first-order valence-corrected chi connectivity index (χ1v) is 10.5. The van der Waals surface area contributed by atoms with Gasteiger partial charge in [0.25, 0.3) is 0 Å². The molecular weight excluding hydrogens is 348 g/mol. The summed E-state index contributed by atoms with van der Waals surface area (Å²) in [6, 6.07) is 0. The van der Waals surface area contributed by atoms with E-state index in [1.807, 2.05) is 13.0 Å². The van der Waals surface area contributed by atoms with Crippen LogP contribution in [0.15, 0.2) is 11.6 Å². The van der Waals surface area contributed by atoms with Crippen molar-refractivity contribution in [2.24, 2.45) is 28.6 Å². The molecule has 4 aliphatic rings. The highest BCUT2D eigenvalue weighted by atomic mass is 16.5. The number of allylic oxidation sites excluding steroid dienone is 1. The average Bonchev–Trinajstić information content (AvgIpc) is 3.14. The summed E-state index contributed by atoms with van der Waals surface area (Å²) in [4.78, 5) is 25.2. The van der Waals surface area contributed by atoms with Crippen LogP contribution in [0, 0.1) is 28.6 Å². The minimum Gasteiger partial charge on any atom is -0.462 e. The predicted octanol–water partition coefficient (Wildman–Crippen LogP) is 6.01. The molecule has 0 saturated heterocycles. The summed E-state index contributed by atoms with van der Waals surface area (Å²) in [5.74, 6) is -0.568. The molecule has 0 amide bonds. The average molecular weight is 398 g/mol. The number of esters is 1. The van der Waals surface area contributed by atoms with Crippen LogP contribution in [0.3, 0.4) is 0 Å². The summed E-state index contributed by atoms with van der Waals surface area (Å²) < 4.78 is 91.9. The lowest BCUT2D eigenvalue weighted by atomic mass is 9.47. The van der Waals surface area contributed by atoms with Crippen LogP contribution in [0.2, 0.25) is 0 Å². The van der Waals surface area contributed by atoms with Gasteiger partial charge in [0.05, 0.1) is 0 Å². The van der Waals surface area contributed by atoms with Gasteiger partial charge in [0.15, 0.2) is 5.78 Å². The minimum absolute atomic E-state index is 0.0478. The van der Waals surface area contributed by atoms with E-state index in [0.29, 0.717) is 31.1 Å². The van der Waals surface area contributed by atoms with Gasteiger partial charge in [-0.25, -0.2) is 0 Å². The van der Waals surface area contributed by atoms with Crippen molar-refractivity contribution in [1.82, 2.24) is 0 Å². The van der Waals surface area contributed by atoms with Crippen LogP contribution in [-0.4, -0.2) is 17.9 Å². The van der Waals surface area contributed by atoms with E-state index in [0.717, 1.165) is 32.1 Å². The first-order chi connectivity index (χ1) is 17.6. The third kappa shape index (κ3) is 3.27. The number of fused-ring (bicyclic) bond motifs is 5. The van der Waals surface area contributed by atoms with E-state index in [9.17, 15) is 9.59 Å². The van der Waals surface area contributed by atoms with Crippen molar-refractivity contribution in [3.8, 4) is 0 Å². The highest BCUT2D eigenvalue weighted by Crippen LogP contribution is 2.65. The second-order valence-corrected chi connectivity index (χ2v) is 9.48. The predicted molar refractivity (Wildman–Crippen MR) is 111 cm³/mol. The Labute approximate surface area is 186 Å². The van der Waals surface area contributed by atoms with Crippen molar-refractivity contribution in [2.45, 2.75) is 104 Å². The molecule has 6 atom stereocenters. The van der Waals surface area contributed by atoms with Crippen LogP contribution in [0.1, 0.15) is 113 Å². The lowest BCUT2D eigenvalue weighted by Gasteiger charge is -2.57. The van der Waals surface area contributed by atoms with Gasteiger partial charge in [-0.15, -0.1) is 0 Å². The molecule has 0 spiro atoms. The van der Waals surface area contributed by atoms with Crippen LogP contribution < -0.4 is 0 Å². The molecule has 3 nitrogen and oxygen atoms in total. The quantitative estimate of drug-likeness (QED) is 0.534. The molecular formula is C25H38O3. The zero-order valence-corrected chi connectivity index (χ0v) is 16.8. The Morgan fingerprint density at radius 1 is 1.18 bits per heavy atom. The van der Waals surface area contributed by atoms with E-state index in [1.54, 1.807) is 0 Å². The Balaban J connectivity index is 1.55. The fourth-order valence-corrected chi connectivity index (χ4v) is 6.98. The van der Waals surface area contributed by atoms with Crippen LogP contribution in [0.4, 0.5) is 0 Å². The number of rotatable bonds is 5. The third-order valence-electron chi connectivity index (χ3n) is 8.41. The fraction of sp³-hybridized carbons (Fsp3) is 0.840. The topological polar surface area (TPSA) is 43.4 Å². The maximum Gasteiger partial charge on any atom is 0.306 e. The van der Waals surface area contributed by atoms with Crippen molar-refractivity contribution >= 4 is 11.8 Å². The number of ketones is 1. The molecule has 156 valence electrons. The monoisotopic (exact) mass is 397 g/mol. The molecule has 0 heterocycles. The number of hydrogen-bond donors (Lipinski definition) is 0. The van der Waals surface area contributed by atoms with Gasteiger partial charge < -0.3 is 4.74 Å². The lowest BCUT2D eigenvalue weighted by Crippen LogP contribution is -2.51. The van der Waals surface area contributed by atoms with Crippen LogP contribution >= 0.6 is 0 Å². The third-order valence-corrected chi connectivity index (χ3v) is 8.41. The molecule has 4 aliphatic carbocycles. The van der Waals surface area contributed by atoms with Crippen LogP contribution in [-0.2, 0) is 14.3 Å². The summed E-state index contributed by atoms with van der Waals surface area (Å²) in [6.07, 6.45) is -8.26. The maximum atomic E-state index is 13.2. The van der Waals surface area contributed by atoms with Gasteiger partial charge in [0, 0.05) is 33.3 Å². The maximum absolute atomic E-state index is 13.2. The number of hydrogen-bond acceptors (Lipinski definition) is 3. The SMILES string of the molecule is [2H]C([2H])([2H])C([2H])([2H])C([2H])([2H])C([2H])([2H])C([2H])([2H])C(=O)O[C@H]1CC[C@H]2[C@@H]3CCC4=CC(=O)CC[C@]4(C)[C@H]3CC[C@]12C. The van der Waals surface area contributed by atoms with Crippen molar-refractivity contribution < 1.29 is 29.4 Å². The van der Waals surface area contributed by atoms with Crippen LogP contribution in [0.5, 0.6) is 0 Å². The van der Waals surface area contributed by atoms with Crippen molar-refractivity contribution in [2.75, 3.05) is 0 Å². The van der Waals surface area contributed by atoms with Gasteiger partial charge in [0.1, 0.15) is 6.10 Å². The van der Waals surface area contributed by atoms with Crippen molar-refractivity contribution in [3.63, 3.8) is 0 Å². The molecule has 0 aromatic heterocycles. The van der Waals surface area contributed by atoms with E-state index in [4.69, 9.17) is 19.8 Å². The molecule has 4 rings (SSSR count). The highest BCUT2D eigenvalue weighted by molar-refractivity contribution is 5.91. The van der Waals surface area contributed by atoms with Gasteiger partial charge >= 0.3 is 5.97 Å². The Bertz CT molecular complexity index is 1070. The van der Waals surface area contributed by atoms with E-state index in [2.05, 4.69) is 6.92 Å². The smallest absolute Gasteiger partial charge is 0.306 e. The molecule has 3 saturated carbocycles. The normalized spacial score (nSPS) is 50.6. The van der Waals surface area contributed by atoms with Crippen molar-refractivity contribution in [1.29, 1.82) is 0 Å². The molecule has 0 aromatic carbocycles. The van der Waals surface area contributed by atoms with Gasteiger partial charge in [0.2, 0.25) is 0 Å². The zero-order chi connectivity index (χ0) is 29.6. The number of ether oxygens (including phenoxy) is 1. The van der Waals surface area contributed by atoms with Gasteiger partial charge in [-0.1, -0.05) is 39.0 Å². The molecule has 0 unspecified atom stereocenters. The molecule has 0 N–H and O–H groups in total. The standard InChI is InChI=1S/C25H38O3/c1-4-5-6-7-23(27)28-22-11-10-20-19-9-8-17-16-18(26)12-14-24(17,2)21(19)13-15-25(20,22)3/h16,19-22H,4-15H2,1-3H3/t19-,20-,21-,22-,24-,25-/m0/s1/i1D3,4D2,5D2,6D2,7D2. The molecule has 0 aromatic rings.